The van der Waals surface area contributed by atoms with Crippen molar-refractivity contribution < 1.29 is 42.2 Å². The summed E-state index contributed by atoms with van der Waals surface area (Å²) < 4.78 is 39.8. The van der Waals surface area contributed by atoms with Crippen LogP contribution in [-0.2, 0) is 19.1 Å². The maximum absolute atomic E-state index is 14.8. The molecule has 1 aromatic heterocycles. The van der Waals surface area contributed by atoms with E-state index in [-0.39, 0.29) is 41.9 Å². The van der Waals surface area contributed by atoms with E-state index in [9.17, 15) is 32.8 Å². The molecule has 0 bridgehead atoms. The van der Waals surface area contributed by atoms with Crippen LogP contribution in [0, 0.1) is 11.6 Å². The monoisotopic (exact) mass is 640 g/mol. The van der Waals surface area contributed by atoms with Crippen LogP contribution in [-0.4, -0.2) is 85.0 Å². The minimum Gasteiger partial charge on any atom is -0.480 e. The molecule has 1 unspecified atom stereocenters. The van der Waals surface area contributed by atoms with Crippen molar-refractivity contribution >= 4 is 51.7 Å². The second kappa shape index (κ2) is 12.6. The average Bonchev–Trinajstić information content (AvgIpc) is 3.62. The van der Waals surface area contributed by atoms with Crippen molar-refractivity contribution in [1.82, 2.24) is 20.5 Å². The van der Waals surface area contributed by atoms with Crippen LogP contribution in [0.3, 0.4) is 0 Å². The molecule has 6 rings (SSSR count). The number of carbonyl (C=O) groups excluding carboxylic acids is 5. The summed E-state index contributed by atoms with van der Waals surface area (Å²) in [5.74, 6) is -6.16. The molecule has 2 saturated heterocycles. The maximum atomic E-state index is 14.8. The summed E-state index contributed by atoms with van der Waals surface area (Å²) in [4.78, 5) is 70.1. The number of hydrogen-bond donors (Lipinski definition) is 3. The van der Waals surface area contributed by atoms with Gasteiger partial charge in [-0.25, -0.2) is 9.37 Å². The van der Waals surface area contributed by atoms with Gasteiger partial charge < -0.3 is 25.0 Å². The Bertz CT molecular complexity index is 1710. The third kappa shape index (κ3) is 5.93. The standard InChI is InChI=1S/C29H26F2N6O7S/c30-17-5-4-15(19-13-45-29(34-19)36-8-10-43-11-9-36)25(24(17)31)44-12-22(39)33-14-32-18-3-1-2-16-23(18)28(42)37(27(16)41)20-6-7-21(38)35-26(20)40/h1-5,13,20,32H,6-12,14H2,(H,33,39)(H,35,38,40). The first-order chi connectivity index (χ1) is 21.7. The smallest absolute Gasteiger partial charge is 0.264 e. The molecule has 2 fully saturated rings. The number of rotatable bonds is 9. The lowest BCUT2D eigenvalue weighted by Gasteiger charge is -2.27. The molecule has 5 amide bonds. The molecule has 1 atom stereocenters. The molecule has 3 aromatic rings. The number of anilines is 2. The van der Waals surface area contributed by atoms with Crippen LogP contribution in [0.5, 0.6) is 5.75 Å². The zero-order valence-corrected chi connectivity index (χ0v) is 24.4. The van der Waals surface area contributed by atoms with Crippen LogP contribution in [0.4, 0.5) is 19.6 Å². The fourth-order valence-electron chi connectivity index (χ4n) is 5.25. The molecule has 45 heavy (non-hydrogen) atoms. The van der Waals surface area contributed by atoms with E-state index >= 15 is 0 Å². The molecular formula is C29H26F2N6O7S. The molecule has 0 aliphatic carbocycles. The van der Waals surface area contributed by atoms with Crippen molar-refractivity contribution in [2.24, 2.45) is 0 Å². The van der Waals surface area contributed by atoms with Crippen molar-refractivity contribution in [3.63, 3.8) is 0 Å². The fraction of sp³-hybridized carbons (Fsp3) is 0.310. The van der Waals surface area contributed by atoms with E-state index in [1.807, 2.05) is 4.90 Å². The molecule has 4 heterocycles. The van der Waals surface area contributed by atoms with Crippen LogP contribution < -0.4 is 25.6 Å². The number of piperidine rings is 1. The van der Waals surface area contributed by atoms with Gasteiger partial charge in [0.05, 0.1) is 36.7 Å². The van der Waals surface area contributed by atoms with Crippen molar-refractivity contribution in [2.45, 2.75) is 18.9 Å². The summed E-state index contributed by atoms with van der Waals surface area (Å²) in [5.41, 5.74) is 0.848. The summed E-state index contributed by atoms with van der Waals surface area (Å²) in [6.07, 6.45) is 0.00335. The highest BCUT2D eigenvalue weighted by Gasteiger charge is 2.45. The third-order valence-corrected chi connectivity index (χ3v) is 8.38. The van der Waals surface area contributed by atoms with Crippen LogP contribution in [0.25, 0.3) is 11.3 Å². The topological polar surface area (TPSA) is 159 Å². The minimum atomic E-state index is -1.26. The number of hydrogen-bond acceptors (Lipinski definition) is 11. The number of benzene rings is 2. The van der Waals surface area contributed by atoms with Crippen molar-refractivity contribution in [3.05, 3.63) is 58.5 Å². The first-order valence-corrected chi connectivity index (χ1v) is 14.9. The fourth-order valence-corrected chi connectivity index (χ4v) is 6.13. The zero-order valence-electron chi connectivity index (χ0n) is 23.6. The number of imide groups is 2. The molecule has 3 N–H and O–H groups in total. The molecule has 0 saturated carbocycles. The Morgan fingerprint density at radius 3 is 2.67 bits per heavy atom. The van der Waals surface area contributed by atoms with Gasteiger partial charge in [-0.2, -0.15) is 4.39 Å². The first-order valence-electron chi connectivity index (χ1n) is 14.0. The highest BCUT2D eigenvalue weighted by molar-refractivity contribution is 7.14. The highest BCUT2D eigenvalue weighted by Crippen LogP contribution is 2.37. The maximum Gasteiger partial charge on any atom is 0.264 e. The quantitative estimate of drug-likeness (QED) is 0.233. The van der Waals surface area contributed by atoms with Gasteiger partial charge in [0.15, 0.2) is 23.3 Å². The summed E-state index contributed by atoms with van der Waals surface area (Å²) in [7, 11) is 0. The Morgan fingerprint density at radius 1 is 1.09 bits per heavy atom. The molecular weight excluding hydrogens is 614 g/mol. The SMILES string of the molecule is O=C(COc1c(-c2csc(N3CCOCC3)n2)ccc(F)c1F)NCNc1cccc2c1C(=O)N(C1CCC(=O)NC1=O)C2=O. The molecule has 0 spiro atoms. The number of aromatic nitrogens is 1. The van der Waals surface area contributed by atoms with Gasteiger partial charge in [0.1, 0.15) is 6.04 Å². The molecule has 234 valence electrons. The van der Waals surface area contributed by atoms with E-state index in [0.29, 0.717) is 37.1 Å². The minimum absolute atomic E-state index is 0.0106. The highest BCUT2D eigenvalue weighted by atomic mass is 32.1. The van der Waals surface area contributed by atoms with Gasteiger partial charge in [0.25, 0.3) is 17.7 Å². The van der Waals surface area contributed by atoms with Gasteiger partial charge in [0.2, 0.25) is 17.6 Å². The predicted octanol–water partition coefficient (Wildman–Crippen LogP) is 1.89. The number of nitrogens with zero attached hydrogens (tertiary/aromatic N) is 3. The molecule has 13 nitrogen and oxygen atoms in total. The Morgan fingerprint density at radius 2 is 1.89 bits per heavy atom. The van der Waals surface area contributed by atoms with Gasteiger partial charge >= 0.3 is 0 Å². The second-order valence-electron chi connectivity index (χ2n) is 10.3. The van der Waals surface area contributed by atoms with Crippen molar-refractivity contribution in [3.8, 4) is 17.0 Å². The van der Waals surface area contributed by atoms with Gasteiger partial charge in [-0.05, 0) is 30.7 Å². The van der Waals surface area contributed by atoms with Gasteiger partial charge in [0, 0.05) is 36.1 Å². The van der Waals surface area contributed by atoms with E-state index in [2.05, 4.69) is 20.9 Å². The van der Waals surface area contributed by atoms with Crippen molar-refractivity contribution in [1.29, 1.82) is 0 Å². The number of ether oxygens (including phenoxy) is 2. The Hall–Kier alpha value is -4.96. The van der Waals surface area contributed by atoms with Gasteiger partial charge in [-0.3, -0.25) is 34.2 Å². The predicted molar refractivity (Wildman–Crippen MR) is 156 cm³/mol. The van der Waals surface area contributed by atoms with Crippen LogP contribution >= 0.6 is 11.3 Å². The van der Waals surface area contributed by atoms with E-state index in [0.717, 1.165) is 11.0 Å². The number of thiazole rings is 1. The van der Waals surface area contributed by atoms with Crippen LogP contribution in [0.2, 0.25) is 0 Å². The average molecular weight is 641 g/mol. The summed E-state index contributed by atoms with van der Waals surface area (Å²) in [5, 5.41) is 9.90. The molecule has 2 aromatic carbocycles. The largest absolute Gasteiger partial charge is 0.480 e. The Labute approximate surface area is 258 Å². The molecule has 3 aliphatic rings. The van der Waals surface area contributed by atoms with Crippen LogP contribution in [0.1, 0.15) is 33.6 Å². The molecule has 0 radical (unpaired) electrons. The van der Waals surface area contributed by atoms with E-state index < -0.39 is 59.6 Å². The first kappa shape index (κ1) is 30.1. The Kier molecular flexibility index (Phi) is 8.40. The number of morpholine rings is 1. The lowest BCUT2D eigenvalue weighted by atomic mass is 10.0. The van der Waals surface area contributed by atoms with E-state index in [4.69, 9.17) is 9.47 Å². The van der Waals surface area contributed by atoms with E-state index in [1.165, 1.54) is 35.6 Å². The lowest BCUT2D eigenvalue weighted by Crippen LogP contribution is -2.54. The second-order valence-corrected chi connectivity index (χ2v) is 11.1. The summed E-state index contributed by atoms with van der Waals surface area (Å²) >= 11 is 1.34. The normalized spacial score (nSPS) is 18.1. The number of amides is 5. The molecule has 3 aliphatic heterocycles. The third-order valence-electron chi connectivity index (χ3n) is 7.48. The van der Waals surface area contributed by atoms with Gasteiger partial charge in [-0.15, -0.1) is 11.3 Å². The number of nitrogens with one attached hydrogen (secondary N) is 3. The summed E-state index contributed by atoms with van der Waals surface area (Å²) in [6.45, 7) is 1.53. The number of halogens is 2. The van der Waals surface area contributed by atoms with Gasteiger partial charge in [-0.1, -0.05) is 6.07 Å². The lowest BCUT2D eigenvalue weighted by molar-refractivity contribution is -0.136. The van der Waals surface area contributed by atoms with E-state index in [1.54, 1.807) is 5.38 Å². The zero-order chi connectivity index (χ0) is 31.7. The number of fused-ring (bicyclic) bond motifs is 1. The summed E-state index contributed by atoms with van der Waals surface area (Å²) in [6, 6.07) is 5.66. The Balaban J connectivity index is 1.09. The van der Waals surface area contributed by atoms with Crippen molar-refractivity contribution in [2.75, 3.05) is 49.8 Å². The van der Waals surface area contributed by atoms with Crippen LogP contribution in [0.15, 0.2) is 35.7 Å². The number of carbonyl (C=O) groups is 5. The molecule has 16 heteroatoms.